The van der Waals surface area contributed by atoms with Crippen LogP contribution in [-0.2, 0) is 20.0 Å². The molecule has 0 N–H and O–H groups in total. The number of hydrogen-bond acceptors (Lipinski definition) is 6. The van der Waals surface area contributed by atoms with E-state index < -0.39 is 20.0 Å². The second kappa shape index (κ2) is 15.7. The molecule has 11 heteroatoms. The summed E-state index contributed by atoms with van der Waals surface area (Å²) >= 11 is 0. The molecule has 0 unspecified atom stereocenters. The lowest BCUT2D eigenvalue weighted by Gasteiger charge is -2.33. The fourth-order valence-corrected chi connectivity index (χ4v) is 8.84. The zero-order chi connectivity index (χ0) is 29.5. The predicted molar refractivity (Wildman–Crippen MR) is 170 cm³/mol. The molecule has 1 saturated carbocycles. The Morgan fingerprint density at radius 3 is 1.69 bits per heavy atom. The number of methoxy groups -OCH3 is 1. The van der Waals surface area contributed by atoms with Gasteiger partial charge >= 0.3 is 0 Å². The second-order valence-electron chi connectivity index (χ2n) is 11.4. The molecule has 0 bridgehead atoms. The first kappa shape index (κ1) is 34.5. The topological polar surface area (TPSA) is 87.2 Å². The van der Waals surface area contributed by atoms with E-state index >= 15 is 0 Å². The van der Waals surface area contributed by atoms with Gasteiger partial charge in [-0.3, -0.25) is 0 Å². The summed E-state index contributed by atoms with van der Waals surface area (Å²) in [5.41, 5.74) is 1.53. The van der Waals surface area contributed by atoms with Gasteiger partial charge in [0.2, 0.25) is 20.0 Å². The number of nitrogens with zero attached hydrogens (tertiary/aromatic N) is 3. The Morgan fingerprint density at radius 2 is 1.21 bits per heavy atom. The van der Waals surface area contributed by atoms with E-state index in [9.17, 15) is 16.8 Å². The molecule has 2 aromatic rings. The van der Waals surface area contributed by atoms with E-state index in [4.69, 9.17) is 4.74 Å². The van der Waals surface area contributed by atoms with Crippen molar-refractivity contribution in [1.82, 2.24) is 13.5 Å². The summed E-state index contributed by atoms with van der Waals surface area (Å²) in [7, 11) is -6.08. The molecular weight excluding hydrogens is 594 g/mol. The zero-order valence-corrected chi connectivity index (χ0v) is 27.4. The van der Waals surface area contributed by atoms with E-state index in [1.807, 2.05) is 6.92 Å². The van der Waals surface area contributed by atoms with Gasteiger partial charge in [0.15, 0.2) is 0 Å². The van der Waals surface area contributed by atoms with Crippen molar-refractivity contribution in [3.63, 3.8) is 0 Å². The highest BCUT2D eigenvalue weighted by molar-refractivity contribution is 7.89. The van der Waals surface area contributed by atoms with Crippen molar-refractivity contribution in [2.75, 3.05) is 52.9 Å². The van der Waals surface area contributed by atoms with E-state index in [2.05, 4.69) is 11.5 Å². The molecule has 1 saturated heterocycles. The number of halogens is 1. The number of aryl methyl sites for hydroxylation is 1. The second-order valence-corrected chi connectivity index (χ2v) is 15.3. The van der Waals surface area contributed by atoms with Crippen molar-refractivity contribution in [3.8, 4) is 5.75 Å². The van der Waals surface area contributed by atoms with Crippen molar-refractivity contribution in [2.24, 2.45) is 5.92 Å². The number of hydrogen-bond donors (Lipinski definition) is 0. The van der Waals surface area contributed by atoms with Crippen molar-refractivity contribution < 1.29 is 21.6 Å². The van der Waals surface area contributed by atoms with Crippen molar-refractivity contribution in [3.05, 3.63) is 66.2 Å². The summed E-state index contributed by atoms with van der Waals surface area (Å²) in [6.45, 7) is 9.38. The van der Waals surface area contributed by atoms with Crippen LogP contribution in [0.15, 0.2) is 70.5 Å². The normalized spacial score (nSPS) is 19.8. The van der Waals surface area contributed by atoms with Crippen LogP contribution in [0, 0.1) is 12.8 Å². The van der Waals surface area contributed by atoms with Gasteiger partial charge < -0.3 is 9.64 Å². The van der Waals surface area contributed by atoms with Gasteiger partial charge in [-0.25, -0.2) is 16.8 Å². The molecule has 0 atom stereocenters. The Morgan fingerprint density at radius 1 is 0.738 bits per heavy atom. The molecule has 2 fully saturated rings. The maximum absolute atomic E-state index is 13.8. The smallest absolute Gasteiger partial charge is 0.243 e. The SMILES string of the molecule is C=C1CN(S(=O)(=O)c2ccc(C)cc2)CCCN(CC2CCCCC2)CCCN(S(=O)(=O)c2ccc(OC)cc2)C1.Cl. The van der Waals surface area contributed by atoms with Crippen LogP contribution in [0.25, 0.3) is 0 Å². The molecular formula is C31H46ClN3O5S2. The first-order valence-electron chi connectivity index (χ1n) is 14.7. The molecule has 42 heavy (non-hydrogen) atoms. The van der Waals surface area contributed by atoms with Crippen LogP contribution in [-0.4, -0.2) is 83.3 Å². The van der Waals surface area contributed by atoms with Gasteiger partial charge in [0.05, 0.1) is 16.9 Å². The zero-order valence-electron chi connectivity index (χ0n) is 24.9. The minimum Gasteiger partial charge on any atom is -0.497 e. The molecule has 1 heterocycles. The Bertz CT molecular complexity index is 1360. The molecule has 0 spiro atoms. The molecule has 2 aromatic carbocycles. The largest absolute Gasteiger partial charge is 0.497 e. The maximum atomic E-state index is 13.8. The monoisotopic (exact) mass is 639 g/mol. The van der Waals surface area contributed by atoms with Gasteiger partial charge in [0, 0.05) is 32.7 Å². The fourth-order valence-electron chi connectivity index (χ4n) is 5.84. The van der Waals surface area contributed by atoms with Crippen LogP contribution in [0.1, 0.15) is 50.5 Å². The van der Waals surface area contributed by atoms with Crippen molar-refractivity contribution in [2.45, 2.75) is 61.7 Å². The Balaban J connectivity index is 0.00000484. The van der Waals surface area contributed by atoms with E-state index in [0.29, 0.717) is 43.2 Å². The molecule has 1 aliphatic carbocycles. The molecule has 0 amide bonds. The van der Waals surface area contributed by atoms with E-state index in [1.165, 1.54) is 40.7 Å². The Labute approximate surface area is 259 Å². The summed E-state index contributed by atoms with van der Waals surface area (Å²) in [6.07, 6.45) is 7.67. The van der Waals surface area contributed by atoms with Crippen LogP contribution in [0.5, 0.6) is 5.75 Å². The lowest BCUT2D eigenvalue weighted by Crippen LogP contribution is -2.42. The number of rotatable bonds is 7. The highest BCUT2D eigenvalue weighted by atomic mass is 35.5. The predicted octanol–water partition coefficient (Wildman–Crippen LogP) is 5.34. The van der Waals surface area contributed by atoms with Crippen LogP contribution in [0.3, 0.4) is 0 Å². The summed E-state index contributed by atoms with van der Waals surface area (Å²) < 4.78 is 63.2. The van der Waals surface area contributed by atoms with Gasteiger partial charge in [0.25, 0.3) is 0 Å². The van der Waals surface area contributed by atoms with Gasteiger partial charge in [0.1, 0.15) is 5.75 Å². The summed E-state index contributed by atoms with van der Waals surface area (Å²) in [5.74, 6) is 1.22. The van der Waals surface area contributed by atoms with Crippen molar-refractivity contribution >= 4 is 32.5 Å². The first-order chi connectivity index (χ1) is 19.6. The van der Waals surface area contributed by atoms with Gasteiger partial charge in [-0.2, -0.15) is 8.61 Å². The highest BCUT2D eigenvalue weighted by Crippen LogP contribution is 2.26. The third-order valence-corrected chi connectivity index (χ3v) is 11.9. The molecule has 0 radical (unpaired) electrons. The fraction of sp³-hybridized carbons (Fsp3) is 0.548. The third-order valence-electron chi connectivity index (χ3n) is 8.16. The average molecular weight is 640 g/mol. The average Bonchev–Trinajstić information content (AvgIpc) is 2.96. The quantitative estimate of drug-likeness (QED) is 0.380. The van der Waals surface area contributed by atoms with E-state index in [-0.39, 0.29) is 35.3 Å². The van der Waals surface area contributed by atoms with Gasteiger partial charge in [-0.1, -0.05) is 43.5 Å². The Hall–Kier alpha value is -1.95. The summed E-state index contributed by atoms with van der Waals surface area (Å²) in [5, 5.41) is 0. The molecule has 2 aliphatic rings. The summed E-state index contributed by atoms with van der Waals surface area (Å²) in [6, 6.07) is 13.3. The molecule has 1 aliphatic heterocycles. The van der Waals surface area contributed by atoms with Gasteiger partial charge in [-0.05, 0) is 93.6 Å². The van der Waals surface area contributed by atoms with E-state index in [0.717, 1.165) is 25.2 Å². The minimum atomic E-state index is -3.83. The first-order valence-corrected chi connectivity index (χ1v) is 17.6. The van der Waals surface area contributed by atoms with Crippen LogP contribution < -0.4 is 4.74 Å². The van der Waals surface area contributed by atoms with Crippen LogP contribution >= 0.6 is 12.4 Å². The number of benzene rings is 2. The van der Waals surface area contributed by atoms with Crippen LogP contribution in [0.4, 0.5) is 0 Å². The molecule has 234 valence electrons. The van der Waals surface area contributed by atoms with Crippen LogP contribution in [0.2, 0.25) is 0 Å². The maximum Gasteiger partial charge on any atom is 0.243 e. The standard InChI is InChI=1S/C31H45N3O5S2.ClH/c1-26-11-15-30(16-12-26)40(35,36)33-21-7-19-32(25-28-9-5-4-6-10-28)20-8-22-34(24-27(2)23-33)41(37,38)31-17-13-29(39-3)14-18-31;/h11-18,28H,2,4-10,19-25H2,1,3H3;1H. The Kier molecular flexibility index (Phi) is 12.9. The third kappa shape index (κ3) is 9.03. The lowest BCUT2D eigenvalue weighted by molar-refractivity contribution is 0.188. The minimum absolute atomic E-state index is 0. The molecule has 4 rings (SSSR count). The molecule has 0 aromatic heterocycles. The highest BCUT2D eigenvalue weighted by Gasteiger charge is 2.30. The summed E-state index contributed by atoms with van der Waals surface area (Å²) in [4.78, 5) is 2.84. The number of sulfonamides is 2. The number of ether oxygens (including phenoxy) is 1. The van der Waals surface area contributed by atoms with Gasteiger partial charge in [-0.15, -0.1) is 12.4 Å². The molecule has 8 nitrogen and oxygen atoms in total. The van der Waals surface area contributed by atoms with E-state index in [1.54, 1.807) is 55.6 Å². The lowest BCUT2D eigenvalue weighted by atomic mass is 9.89. The van der Waals surface area contributed by atoms with Crippen molar-refractivity contribution in [1.29, 1.82) is 0 Å².